The van der Waals surface area contributed by atoms with Gasteiger partial charge in [-0.2, -0.15) is 0 Å². The molecule has 1 fully saturated rings. The summed E-state index contributed by atoms with van der Waals surface area (Å²) in [6.07, 6.45) is 1.40. The number of thioether (sulfide) groups is 1. The Morgan fingerprint density at radius 2 is 1.85 bits per heavy atom. The monoisotopic (exact) mass is 494 g/mol. The molecule has 2 aromatic carbocycles. The average molecular weight is 495 g/mol. The van der Waals surface area contributed by atoms with Crippen LogP contribution < -0.4 is 9.47 Å². The summed E-state index contributed by atoms with van der Waals surface area (Å²) in [6.45, 7) is 1.77. The van der Waals surface area contributed by atoms with Crippen LogP contribution in [-0.4, -0.2) is 51.4 Å². The molecule has 2 aliphatic heterocycles. The Labute approximate surface area is 204 Å². The second-order valence-electron chi connectivity index (χ2n) is 8.23. The van der Waals surface area contributed by atoms with Gasteiger partial charge in [0.05, 0.1) is 21.0 Å². The summed E-state index contributed by atoms with van der Waals surface area (Å²) < 4.78 is 18.6. The molecule has 0 N–H and O–H groups in total. The minimum Gasteiger partial charge on any atom is -0.485 e. The van der Waals surface area contributed by atoms with Crippen molar-refractivity contribution in [3.8, 4) is 11.5 Å². The number of likely N-dealkylation sites (tertiary alicyclic amines) is 1. The molecule has 1 saturated heterocycles. The topological polar surface area (TPSA) is 90.6 Å². The first-order valence-corrected chi connectivity index (χ1v) is 13.0. The number of piperidine rings is 1. The van der Waals surface area contributed by atoms with E-state index >= 15 is 0 Å². The molecular weight excluding hydrogens is 472 g/mol. The van der Waals surface area contributed by atoms with Crippen LogP contribution in [0.1, 0.15) is 35.8 Å². The van der Waals surface area contributed by atoms with E-state index in [-0.39, 0.29) is 11.7 Å². The maximum atomic E-state index is 12.8. The number of thiazole rings is 1. The summed E-state index contributed by atoms with van der Waals surface area (Å²) in [6, 6.07) is 15.7. The van der Waals surface area contributed by atoms with Gasteiger partial charge in [-0.05, 0) is 37.1 Å². The van der Waals surface area contributed by atoms with Crippen LogP contribution in [0.15, 0.2) is 58.2 Å². The van der Waals surface area contributed by atoms with Gasteiger partial charge in [-0.1, -0.05) is 36.0 Å². The minimum absolute atomic E-state index is 0.0821. The zero-order valence-electron chi connectivity index (χ0n) is 18.3. The molecule has 10 heteroatoms. The molecule has 0 aliphatic carbocycles. The van der Waals surface area contributed by atoms with Gasteiger partial charge >= 0.3 is 0 Å². The molecule has 2 aliphatic rings. The van der Waals surface area contributed by atoms with Crippen LogP contribution in [0.2, 0.25) is 0 Å². The normalized spacial score (nSPS) is 18.4. The summed E-state index contributed by atoms with van der Waals surface area (Å²) in [5, 5.41) is 9.70. The molecule has 174 valence electrons. The van der Waals surface area contributed by atoms with E-state index in [0.29, 0.717) is 35.1 Å². The molecule has 4 aromatic rings. The van der Waals surface area contributed by atoms with Crippen molar-refractivity contribution < 1.29 is 18.7 Å². The van der Waals surface area contributed by atoms with E-state index in [1.54, 1.807) is 11.3 Å². The summed E-state index contributed by atoms with van der Waals surface area (Å²) >= 11 is 3.02. The van der Waals surface area contributed by atoms with Crippen molar-refractivity contribution in [1.82, 2.24) is 20.1 Å². The van der Waals surface area contributed by atoms with Gasteiger partial charge < -0.3 is 18.8 Å². The molecule has 0 spiro atoms. The maximum absolute atomic E-state index is 12.8. The Kier molecular flexibility index (Phi) is 5.84. The van der Waals surface area contributed by atoms with Crippen molar-refractivity contribution in [3.63, 3.8) is 0 Å². The Hall–Kier alpha value is -3.11. The number of amides is 1. The molecule has 0 saturated carbocycles. The molecule has 6 rings (SSSR count). The first kappa shape index (κ1) is 21.4. The molecule has 2 aromatic heterocycles. The van der Waals surface area contributed by atoms with Gasteiger partial charge in [-0.15, -0.1) is 21.5 Å². The third-order valence-corrected chi connectivity index (χ3v) is 8.03. The first-order valence-electron chi connectivity index (χ1n) is 11.2. The lowest BCUT2D eigenvalue weighted by Gasteiger charge is -2.31. The summed E-state index contributed by atoms with van der Waals surface area (Å²) in [5.41, 5.74) is 1.06. The largest absolute Gasteiger partial charge is 0.485 e. The standard InChI is InChI=1S/C24H22N4O4S2/c29-21(28-11-9-15(10-12-28)23-25-16-5-1-4-8-20(16)34-23)14-33-24-27-26-22(32-24)19-13-30-17-6-2-3-7-18(17)31-19/h1-8,15,19H,9-14H2. The molecule has 1 amide bonds. The number of carbonyl (C=O) groups is 1. The highest BCUT2D eigenvalue weighted by atomic mass is 32.2. The second-order valence-corrected chi connectivity index (χ2v) is 10.2. The maximum Gasteiger partial charge on any atom is 0.277 e. The molecule has 34 heavy (non-hydrogen) atoms. The number of aromatic nitrogens is 3. The SMILES string of the molecule is O=C(CSc1nnc(C2COc3ccccc3O2)o1)N1CCC(c2nc3ccccc3s2)CC1. The van der Waals surface area contributed by atoms with Crippen molar-refractivity contribution in [3.05, 3.63) is 59.4 Å². The number of fused-ring (bicyclic) bond motifs is 2. The van der Waals surface area contributed by atoms with Gasteiger partial charge in [0.2, 0.25) is 12.0 Å². The van der Waals surface area contributed by atoms with E-state index in [1.807, 2.05) is 41.3 Å². The fourth-order valence-electron chi connectivity index (χ4n) is 4.21. The van der Waals surface area contributed by atoms with Gasteiger partial charge in [0, 0.05) is 19.0 Å². The zero-order chi connectivity index (χ0) is 22.9. The number of rotatable bonds is 5. The van der Waals surface area contributed by atoms with E-state index in [4.69, 9.17) is 18.9 Å². The molecule has 8 nitrogen and oxygen atoms in total. The Morgan fingerprint density at radius 1 is 1.06 bits per heavy atom. The number of nitrogens with zero attached hydrogens (tertiary/aromatic N) is 4. The van der Waals surface area contributed by atoms with Crippen molar-refractivity contribution in [2.24, 2.45) is 0 Å². The minimum atomic E-state index is -0.464. The highest BCUT2D eigenvalue weighted by Crippen LogP contribution is 2.36. The Bertz CT molecular complexity index is 1280. The fraction of sp³-hybridized carbons (Fsp3) is 0.333. The predicted molar refractivity (Wildman–Crippen MR) is 129 cm³/mol. The summed E-state index contributed by atoms with van der Waals surface area (Å²) in [7, 11) is 0. The van der Waals surface area contributed by atoms with Gasteiger partial charge in [0.1, 0.15) is 6.61 Å². The molecule has 0 radical (unpaired) electrons. The van der Waals surface area contributed by atoms with Gasteiger partial charge in [0.15, 0.2) is 11.5 Å². The van der Waals surface area contributed by atoms with Crippen molar-refractivity contribution in [1.29, 1.82) is 0 Å². The van der Waals surface area contributed by atoms with Crippen LogP contribution in [0.25, 0.3) is 10.2 Å². The van der Waals surface area contributed by atoms with Crippen molar-refractivity contribution >= 4 is 39.2 Å². The highest BCUT2D eigenvalue weighted by molar-refractivity contribution is 7.99. The van der Waals surface area contributed by atoms with Crippen molar-refractivity contribution in [2.45, 2.75) is 30.1 Å². The predicted octanol–water partition coefficient (Wildman–Crippen LogP) is 4.69. The van der Waals surface area contributed by atoms with Crippen LogP contribution in [0.4, 0.5) is 0 Å². The zero-order valence-corrected chi connectivity index (χ0v) is 19.9. The summed E-state index contributed by atoms with van der Waals surface area (Å²) in [5.74, 6) is 2.45. The first-order chi connectivity index (χ1) is 16.7. The lowest BCUT2D eigenvalue weighted by molar-refractivity contribution is -0.129. The molecule has 1 unspecified atom stereocenters. The number of para-hydroxylation sites is 3. The van der Waals surface area contributed by atoms with E-state index in [2.05, 4.69) is 22.3 Å². The molecule has 4 heterocycles. The lowest BCUT2D eigenvalue weighted by Crippen LogP contribution is -2.38. The Balaban J connectivity index is 1.01. The second kappa shape index (κ2) is 9.27. The van der Waals surface area contributed by atoms with E-state index in [0.717, 1.165) is 31.4 Å². The quantitative estimate of drug-likeness (QED) is 0.369. The number of hydrogen-bond acceptors (Lipinski definition) is 9. The third-order valence-electron chi connectivity index (χ3n) is 6.03. The average Bonchev–Trinajstić information content (AvgIpc) is 3.54. The van der Waals surface area contributed by atoms with Gasteiger partial charge in [0.25, 0.3) is 11.1 Å². The number of benzene rings is 2. The third kappa shape index (κ3) is 4.35. The molecular formula is C24H22N4O4S2. The van der Waals surface area contributed by atoms with E-state index in [9.17, 15) is 4.79 Å². The van der Waals surface area contributed by atoms with Crippen LogP contribution in [0, 0.1) is 0 Å². The van der Waals surface area contributed by atoms with Crippen molar-refractivity contribution in [2.75, 3.05) is 25.4 Å². The van der Waals surface area contributed by atoms with Crippen LogP contribution in [0.3, 0.4) is 0 Å². The number of hydrogen-bond donors (Lipinski definition) is 0. The molecule has 1 atom stereocenters. The van der Waals surface area contributed by atoms with Crippen LogP contribution >= 0.6 is 23.1 Å². The van der Waals surface area contributed by atoms with E-state index in [1.165, 1.54) is 21.5 Å². The van der Waals surface area contributed by atoms with E-state index < -0.39 is 6.10 Å². The smallest absolute Gasteiger partial charge is 0.277 e. The molecule has 0 bridgehead atoms. The van der Waals surface area contributed by atoms with Gasteiger partial charge in [-0.25, -0.2) is 4.98 Å². The lowest BCUT2D eigenvalue weighted by atomic mass is 9.97. The summed E-state index contributed by atoms with van der Waals surface area (Å²) in [4.78, 5) is 19.5. The van der Waals surface area contributed by atoms with Crippen LogP contribution in [-0.2, 0) is 4.79 Å². The Morgan fingerprint density at radius 3 is 2.71 bits per heavy atom. The van der Waals surface area contributed by atoms with Crippen LogP contribution in [0.5, 0.6) is 11.5 Å². The van der Waals surface area contributed by atoms with Gasteiger partial charge in [-0.3, -0.25) is 4.79 Å². The number of ether oxygens (including phenoxy) is 2. The number of carbonyl (C=O) groups excluding carboxylic acids is 1. The highest BCUT2D eigenvalue weighted by Gasteiger charge is 2.29. The fourth-order valence-corrected chi connectivity index (χ4v) is 6.01.